The van der Waals surface area contributed by atoms with Crippen LogP contribution in [0.3, 0.4) is 0 Å². The molecule has 0 saturated carbocycles. The van der Waals surface area contributed by atoms with Gasteiger partial charge in [-0.15, -0.1) is 11.8 Å². The van der Waals surface area contributed by atoms with Gasteiger partial charge in [0.15, 0.2) is 0 Å². The van der Waals surface area contributed by atoms with E-state index in [1.807, 2.05) is 0 Å². The molecule has 3 rings (SSSR count). The standard InChI is InChI=1S/C17H26N2S/c1-2-6-15-12-19(10-5-9-18-15)13-16-11-14-7-3-4-8-17(14)20-16/h3-4,7-8,15-16,18H,2,5-6,9-13H2,1H3. The van der Waals surface area contributed by atoms with Gasteiger partial charge in [-0.3, -0.25) is 0 Å². The highest BCUT2D eigenvalue weighted by atomic mass is 32.2. The van der Waals surface area contributed by atoms with Gasteiger partial charge >= 0.3 is 0 Å². The van der Waals surface area contributed by atoms with Crippen molar-refractivity contribution in [3.05, 3.63) is 29.8 Å². The van der Waals surface area contributed by atoms with Crippen LogP contribution in [0.2, 0.25) is 0 Å². The van der Waals surface area contributed by atoms with Crippen molar-refractivity contribution >= 4 is 11.8 Å². The largest absolute Gasteiger partial charge is 0.313 e. The number of nitrogens with one attached hydrogen (secondary N) is 1. The first-order chi connectivity index (χ1) is 9.85. The highest BCUT2D eigenvalue weighted by Gasteiger charge is 2.25. The van der Waals surface area contributed by atoms with Crippen molar-refractivity contribution in [2.75, 3.05) is 26.2 Å². The predicted octanol–water partition coefficient (Wildman–Crippen LogP) is 3.17. The van der Waals surface area contributed by atoms with Crippen LogP contribution in [0.1, 0.15) is 31.7 Å². The van der Waals surface area contributed by atoms with Crippen molar-refractivity contribution in [1.82, 2.24) is 10.2 Å². The zero-order valence-corrected chi connectivity index (χ0v) is 13.3. The summed E-state index contributed by atoms with van der Waals surface area (Å²) in [4.78, 5) is 4.21. The number of thioether (sulfide) groups is 1. The second-order valence-electron chi connectivity index (χ2n) is 6.10. The third-order valence-corrected chi connectivity index (χ3v) is 5.68. The SMILES string of the molecule is CCCC1CN(CC2Cc3ccccc3S2)CCCN1. The van der Waals surface area contributed by atoms with Crippen molar-refractivity contribution in [2.45, 2.75) is 48.8 Å². The Hall–Kier alpha value is -0.510. The summed E-state index contributed by atoms with van der Waals surface area (Å²) < 4.78 is 0. The van der Waals surface area contributed by atoms with Crippen molar-refractivity contribution in [1.29, 1.82) is 0 Å². The van der Waals surface area contributed by atoms with Crippen LogP contribution in [-0.2, 0) is 6.42 Å². The van der Waals surface area contributed by atoms with Gasteiger partial charge in [-0.2, -0.15) is 0 Å². The minimum absolute atomic E-state index is 0.705. The maximum atomic E-state index is 3.71. The molecule has 0 bridgehead atoms. The maximum absolute atomic E-state index is 3.71. The summed E-state index contributed by atoms with van der Waals surface area (Å²) in [5, 5.41) is 4.46. The van der Waals surface area contributed by atoms with E-state index in [9.17, 15) is 0 Å². The number of rotatable bonds is 4. The number of hydrogen-bond donors (Lipinski definition) is 1. The molecule has 0 amide bonds. The second-order valence-corrected chi connectivity index (χ2v) is 7.45. The average Bonchev–Trinajstić information content (AvgIpc) is 2.72. The molecule has 1 N–H and O–H groups in total. The molecular weight excluding hydrogens is 264 g/mol. The zero-order valence-electron chi connectivity index (χ0n) is 12.5. The van der Waals surface area contributed by atoms with E-state index in [0.29, 0.717) is 6.04 Å². The lowest BCUT2D eigenvalue weighted by molar-refractivity contribution is 0.263. The average molecular weight is 290 g/mol. The molecule has 2 aliphatic rings. The van der Waals surface area contributed by atoms with Crippen molar-refractivity contribution in [3.63, 3.8) is 0 Å². The molecule has 110 valence electrons. The van der Waals surface area contributed by atoms with Gasteiger partial charge in [0.2, 0.25) is 0 Å². The predicted molar refractivity (Wildman–Crippen MR) is 87.5 cm³/mol. The van der Waals surface area contributed by atoms with Crippen LogP contribution in [0.5, 0.6) is 0 Å². The van der Waals surface area contributed by atoms with E-state index in [1.165, 1.54) is 56.8 Å². The van der Waals surface area contributed by atoms with E-state index in [1.54, 1.807) is 5.56 Å². The zero-order chi connectivity index (χ0) is 13.8. The summed E-state index contributed by atoms with van der Waals surface area (Å²) in [7, 11) is 0. The highest BCUT2D eigenvalue weighted by Crippen LogP contribution is 2.37. The third kappa shape index (κ3) is 3.57. The molecule has 2 atom stereocenters. The first-order valence-electron chi connectivity index (χ1n) is 8.05. The minimum atomic E-state index is 0.705. The molecule has 0 spiro atoms. The Bertz CT molecular complexity index is 410. The molecule has 2 nitrogen and oxygen atoms in total. The lowest BCUT2D eigenvalue weighted by Gasteiger charge is -2.26. The van der Waals surface area contributed by atoms with Crippen LogP contribution in [0.4, 0.5) is 0 Å². The molecule has 1 aromatic rings. The number of nitrogens with zero attached hydrogens (tertiary/aromatic N) is 1. The number of benzene rings is 1. The van der Waals surface area contributed by atoms with Crippen LogP contribution in [0.15, 0.2) is 29.2 Å². The summed E-state index contributed by atoms with van der Waals surface area (Å²) in [6.07, 6.45) is 5.15. The van der Waals surface area contributed by atoms with Gasteiger partial charge in [0.05, 0.1) is 0 Å². The van der Waals surface area contributed by atoms with Crippen LogP contribution < -0.4 is 5.32 Å². The topological polar surface area (TPSA) is 15.3 Å². The fraction of sp³-hybridized carbons (Fsp3) is 0.647. The second kappa shape index (κ2) is 6.97. The van der Waals surface area contributed by atoms with Crippen molar-refractivity contribution in [2.24, 2.45) is 0 Å². The normalized spacial score (nSPS) is 27.2. The summed E-state index contributed by atoms with van der Waals surface area (Å²) >= 11 is 2.09. The van der Waals surface area contributed by atoms with E-state index in [2.05, 4.69) is 53.2 Å². The molecule has 1 aromatic carbocycles. The van der Waals surface area contributed by atoms with Gasteiger partial charge in [0.25, 0.3) is 0 Å². The maximum Gasteiger partial charge on any atom is 0.0263 e. The molecule has 0 aromatic heterocycles. The Balaban J connectivity index is 1.55. The Kier molecular flexibility index (Phi) is 5.03. The summed E-state index contributed by atoms with van der Waals surface area (Å²) in [6, 6.07) is 9.63. The Morgan fingerprint density at radius 1 is 1.35 bits per heavy atom. The van der Waals surface area contributed by atoms with Crippen LogP contribution in [-0.4, -0.2) is 42.4 Å². The lowest BCUT2D eigenvalue weighted by atomic mass is 10.1. The molecule has 0 radical (unpaired) electrons. The quantitative estimate of drug-likeness (QED) is 0.917. The third-order valence-electron chi connectivity index (χ3n) is 4.38. The Labute approximate surface area is 127 Å². The van der Waals surface area contributed by atoms with Gasteiger partial charge in [-0.1, -0.05) is 31.5 Å². The molecule has 0 aliphatic carbocycles. The fourth-order valence-electron chi connectivity index (χ4n) is 3.43. The van der Waals surface area contributed by atoms with Crippen molar-refractivity contribution < 1.29 is 0 Å². The Morgan fingerprint density at radius 3 is 3.10 bits per heavy atom. The molecule has 2 unspecified atom stereocenters. The highest BCUT2D eigenvalue weighted by molar-refractivity contribution is 8.00. The molecule has 2 heterocycles. The van der Waals surface area contributed by atoms with Gasteiger partial charge in [0.1, 0.15) is 0 Å². The van der Waals surface area contributed by atoms with Crippen molar-refractivity contribution in [3.8, 4) is 0 Å². The molecule has 2 aliphatic heterocycles. The van der Waals surface area contributed by atoms with Gasteiger partial charge in [-0.25, -0.2) is 0 Å². The number of fused-ring (bicyclic) bond motifs is 1. The molecule has 20 heavy (non-hydrogen) atoms. The first-order valence-corrected chi connectivity index (χ1v) is 8.93. The summed E-state index contributed by atoms with van der Waals surface area (Å²) in [5.41, 5.74) is 1.56. The van der Waals surface area contributed by atoms with Gasteiger partial charge in [0, 0.05) is 29.3 Å². The molecular formula is C17H26N2S. The molecule has 3 heteroatoms. The first kappa shape index (κ1) is 14.4. The van der Waals surface area contributed by atoms with E-state index >= 15 is 0 Å². The fourth-order valence-corrected chi connectivity index (χ4v) is 4.79. The van der Waals surface area contributed by atoms with E-state index in [-0.39, 0.29) is 0 Å². The van der Waals surface area contributed by atoms with Crippen LogP contribution >= 0.6 is 11.8 Å². The van der Waals surface area contributed by atoms with E-state index in [0.717, 1.165) is 5.25 Å². The molecule has 1 saturated heterocycles. The van der Waals surface area contributed by atoms with E-state index in [4.69, 9.17) is 0 Å². The smallest absolute Gasteiger partial charge is 0.0263 e. The Morgan fingerprint density at radius 2 is 2.25 bits per heavy atom. The summed E-state index contributed by atoms with van der Waals surface area (Å²) in [5.74, 6) is 0. The summed E-state index contributed by atoms with van der Waals surface area (Å²) in [6.45, 7) is 7.24. The van der Waals surface area contributed by atoms with Gasteiger partial charge in [-0.05, 0) is 44.0 Å². The van der Waals surface area contributed by atoms with Gasteiger partial charge < -0.3 is 10.2 Å². The molecule has 1 fully saturated rings. The monoisotopic (exact) mass is 290 g/mol. The van der Waals surface area contributed by atoms with Crippen LogP contribution in [0, 0.1) is 0 Å². The minimum Gasteiger partial charge on any atom is -0.313 e. The lowest BCUT2D eigenvalue weighted by Crippen LogP contribution is -2.40. The van der Waals surface area contributed by atoms with E-state index < -0.39 is 0 Å². The van der Waals surface area contributed by atoms with Crippen LogP contribution in [0.25, 0.3) is 0 Å². The number of hydrogen-bond acceptors (Lipinski definition) is 3.